The number of allylic oxidation sites excluding steroid dienone is 5. The van der Waals surface area contributed by atoms with Crippen LogP contribution in [-0.4, -0.2) is 25.6 Å². The zero-order valence-electron chi connectivity index (χ0n) is 19.1. The third kappa shape index (κ3) is 8.13. The molecule has 0 amide bonds. The zero-order valence-corrected chi connectivity index (χ0v) is 19.1. The predicted molar refractivity (Wildman–Crippen MR) is 119 cm³/mol. The van der Waals surface area contributed by atoms with Crippen molar-refractivity contribution in [3.05, 3.63) is 58.7 Å². The second-order valence-corrected chi connectivity index (χ2v) is 7.85. The van der Waals surface area contributed by atoms with Gasteiger partial charge < -0.3 is 9.47 Å². The van der Waals surface area contributed by atoms with E-state index in [2.05, 4.69) is 19.9 Å². The smallest absolute Gasteiger partial charge is 0.330 e. The van der Waals surface area contributed by atoms with Crippen LogP contribution in [0.5, 0.6) is 5.75 Å². The molecule has 0 aromatic heterocycles. The summed E-state index contributed by atoms with van der Waals surface area (Å²) in [5, 5.41) is 0. The van der Waals surface area contributed by atoms with Crippen LogP contribution >= 0.6 is 0 Å². The lowest BCUT2D eigenvalue weighted by molar-refractivity contribution is -0.137. The number of alkyl halides is 2. The van der Waals surface area contributed by atoms with E-state index >= 15 is 0 Å². The monoisotopic (exact) mass is 420 g/mol. The van der Waals surface area contributed by atoms with Gasteiger partial charge in [0.25, 0.3) is 6.43 Å². The van der Waals surface area contributed by atoms with Gasteiger partial charge in [-0.2, -0.15) is 0 Å². The van der Waals surface area contributed by atoms with Gasteiger partial charge in [0, 0.05) is 11.6 Å². The van der Waals surface area contributed by atoms with Crippen LogP contribution in [-0.2, 0) is 9.53 Å². The van der Waals surface area contributed by atoms with Gasteiger partial charge in [0.15, 0.2) is 0 Å². The minimum Gasteiger partial charge on any atom is -0.487 e. The first-order valence-corrected chi connectivity index (χ1v) is 10.4. The van der Waals surface area contributed by atoms with E-state index in [1.807, 2.05) is 45.9 Å². The van der Waals surface area contributed by atoms with Crippen molar-refractivity contribution in [1.29, 1.82) is 0 Å². The molecule has 0 saturated heterocycles. The quantitative estimate of drug-likeness (QED) is 0.231. The lowest BCUT2D eigenvalue weighted by Crippen LogP contribution is -2.11. The molecular formula is C25H34F2O3. The summed E-state index contributed by atoms with van der Waals surface area (Å²) in [5.41, 5.74) is 4.51. The Bertz CT molecular complexity index is 803. The molecule has 166 valence electrons. The molecule has 0 aliphatic heterocycles. The SMILES string of the molecule is CCOC(=O)/C=C(C)/C=C/C=C(/C)c1cc(C(C)C)cc(C(C)C)c1OCC(F)F. The summed E-state index contributed by atoms with van der Waals surface area (Å²) < 4.78 is 36.2. The summed E-state index contributed by atoms with van der Waals surface area (Å²) in [4.78, 5) is 11.5. The third-order valence-corrected chi connectivity index (χ3v) is 4.54. The topological polar surface area (TPSA) is 35.5 Å². The highest BCUT2D eigenvalue weighted by molar-refractivity contribution is 5.83. The van der Waals surface area contributed by atoms with Crippen LogP contribution in [0.1, 0.15) is 77.0 Å². The molecular weight excluding hydrogens is 386 g/mol. The molecule has 0 saturated carbocycles. The van der Waals surface area contributed by atoms with Gasteiger partial charge in [-0.25, -0.2) is 13.6 Å². The molecule has 0 unspecified atom stereocenters. The Labute approximate surface area is 179 Å². The Morgan fingerprint density at radius 1 is 1.10 bits per heavy atom. The molecule has 1 aromatic carbocycles. The Hall–Kier alpha value is -2.43. The number of benzene rings is 1. The molecule has 0 heterocycles. The minimum absolute atomic E-state index is 0.133. The summed E-state index contributed by atoms with van der Waals surface area (Å²) in [5.74, 6) is 0.557. The van der Waals surface area contributed by atoms with Crippen molar-refractivity contribution in [3.63, 3.8) is 0 Å². The largest absolute Gasteiger partial charge is 0.487 e. The number of carbonyl (C=O) groups is 1. The summed E-state index contributed by atoms with van der Waals surface area (Å²) in [7, 11) is 0. The van der Waals surface area contributed by atoms with Crippen molar-refractivity contribution < 1.29 is 23.0 Å². The summed E-state index contributed by atoms with van der Waals surface area (Å²) in [6, 6.07) is 4.06. The molecule has 0 atom stereocenters. The fraction of sp³-hybridized carbons (Fsp3) is 0.480. The molecule has 0 fully saturated rings. The second kappa shape index (κ2) is 12.3. The van der Waals surface area contributed by atoms with Crippen LogP contribution in [0.15, 0.2) is 42.0 Å². The Balaban J connectivity index is 3.35. The molecule has 0 radical (unpaired) electrons. The van der Waals surface area contributed by atoms with Gasteiger partial charge in [0.2, 0.25) is 0 Å². The molecule has 5 heteroatoms. The van der Waals surface area contributed by atoms with E-state index in [0.717, 1.165) is 27.8 Å². The number of rotatable bonds is 10. The number of hydrogen-bond acceptors (Lipinski definition) is 3. The minimum atomic E-state index is -2.54. The number of ether oxygens (including phenoxy) is 2. The van der Waals surface area contributed by atoms with Gasteiger partial charge >= 0.3 is 5.97 Å². The standard InChI is InChI=1S/C25H34F2O3/c1-8-29-24(28)12-18(6)10-9-11-19(7)22-14-20(16(2)3)13-21(17(4)5)25(22)30-15-23(26)27/h9-14,16-17,23H,8,15H2,1-7H3/b10-9+,18-12+,19-11-. The van der Waals surface area contributed by atoms with Crippen molar-refractivity contribution in [1.82, 2.24) is 0 Å². The van der Waals surface area contributed by atoms with Crippen molar-refractivity contribution in [2.24, 2.45) is 0 Å². The van der Waals surface area contributed by atoms with Gasteiger partial charge in [-0.15, -0.1) is 0 Å². The van der Waals surface area contributed by atoms with Crippen molar-refractivity contribution >= 4 is 11.5 Å². The Morgan fingerprint density at radius 3 is 2.30 bits per heavy atom. The van der Waals surface area contributed by atoms with E-state index in [9.17, 15) is 13.6 Å². The number of hydrogen-bond donors (Lipinski definition) is 0. The lowest BCUT2D eigenvalue weighted by Gasteiger charge is -2.21. The highest BCUT2D eigenvalue weighted by Gasteiger charge is 2.18. The van der Waals surface area contributed by atoms with Crippen LogP contribution < -0.4 is 4.74 Å². The first-order chi connectivity index (χ1) is 14.1. The highest BCUT2D eigenvalue weighted by Crippen LogP contribution is 2.37. The third-order valence-electron chi connectivity index (χ3n) is 4.54. The Morgan fingerprint density at radius 2 is 1.77 bits per heavy atom. The van der Waals surface area contributed by atoms with Gasteiger partial charge in [0.05, 0.1) is 6.61 Å². The molecule has 3 nitrogen and oxygen atoms in total. The molecule has 0 spiro atoms. The van der Waals surface area contributed by atoms with E-state index in [1.54, 1.807) is 13.0 Å². The molecule has 1 rings (SSSR count). The van der Waals surface area contributed by atoms with Crippen molar-refractivity contribution in [3.8, 4) is 5.75 Å². The van der Waals surface area contributed by atoms with Crippen molar-refractivity contribution in [2.45, 2.75) is 66.7 Å². The number of halogens is 2. The average molecular weight is 421 g/mol. The van der Waals surface area contributed by atoms with Gasteiger partial charge in [-0.3, -0.25) is 0 Å². The maximum absolute atomic E-state index is 12.8. The molecule has 30 heavy (non-hydrogen) atoms. The first kappa shape index (κ1) is 25.6. The van der Waals surface area contributed by atoms with Crippen LogP contribution in [0, 0.1) is 0 Å². The molecule has 0 N–H and O–H groups in total. The van der Waals surface area contributed by atoms with Crippen LogP contribution in [0.2, 0.25) is 0 Å². The van der Waals surface area contributed by atoms with Gasteiger partial charge in [-0.05, 0) is 60.9 Å². The van der Waals surface area contributed by atoms with E-state index in [4.69, 9.17) is 9.47 Å². The van der Waals surface area contributed by atoms with E-state index < -0.39 is 13.0 Å². The Kier molecular flexibility index (Phi) is 10.5. The maximum Gasteiger partial charge on any atom is 0.330 e. The van der Waals surface area contributed by atoms with E-state index in [1.165, 1.54) is 6.08 Å². The highest BCUT2D eigenvalue weighted by atomic mass is 19.3. The van der Waals surface area contributed by atoms with Gasteiger partial charge in [-0.1, -0.05) is 52.0 Å². The fourth-order valence-corrected chi connectivity index (χ4v) is 2.89. The zero-order chi connectivity index (χ0) is 22.8. The van der Waals surface area contributed by atoms with E-state index in [0.29, 0.717) is 18.3 Å². The van der Waals surface area contributed by atoms with Gasteiger partial charge in [0.1, 0.15) is 12.4 Å². The molecule has 0 aliphatic rings. The second-order valence-electron chi connectivity index (χ2n) is 7.85. The van der Waals surface area contributed by atoms with E-state index in [-0.39, 0.29) is 11.9 Å². The number of carbonyl (C=O) groups excluding carboxylic acids is 1. The van der Waals surface area contributed by atoms with Crippen LogP contribution in [0.4, 0.5) is 8.78 Å². The number of esters is 1. The summed E-state index contributed by atoms with van der Waals surface area (Å²) in [6.45, 7) is 13.4. The lowest BCUT2D eigenvalue weighted by atomic mass is 9.89. The van der Waals surface area contributed by atoms with Crippen LogP contribution in [0.3, 0.4) is 0 Å². The molecule has 1 aromatic rings. The van der Waals surface area contributed by atoms with Crippen molar-refractivity contribution in [2.75, 3.05) is 13.2 Å². The summed E-state index contributed by atoms with van der Waals surface area (Å²) in [6.07, 6.45) is 4.41. The normalized spacial score (nSPS) is 13.1. The summed E-state index contributed by atoms with van der Waals surface area (Å²) >= 11 is 0. The average Bonchev–Trinajstić information content (AvgIpc) is 2.65. The maximum atomic E-state index is 12.8. The fourth-order valence-electron chi connectivity index (χ4n) is 2.89. The first-order valence-electron chi connectivity index (χ1n) is 10.4. The molecule has 0 bridgehead atoms. The predicted octanol–water partition coefficient (Wildman–Crippen LogP) is 7.05. The molecule has 0 aliphatic carbocycles. The van der Waals surface area contributed by atoms with Crippen LogP contribution in [0.25, 0.3) is 5.57 Å².